The van der Waals surface area contributed by atoms with Crippen LogP contribution in [0.25, 0.3) is 87.6 Å². The second-order valence-corrected chi connectivity index (χ2v) is 15.9. The maximum atomic E-state index is 2.45. The third-order valence-corrected chi connectivity index (χ3v) is 11.5. The van der Waals surface area contributed by atoms with E-state index in [1.165, 1.54) is 110 Å². The number of nitrogens with zero attached hydrogens (tertiary/aromatic N) is 4. The van der Waals surface area contributed by atoms with Crippen LogP contribution in [0.15, 0.2) is 146 Å². The van der Waals surface area contributed by atoms with E-state index in [0.29, 0.717) is 0 Å². The van der Waals surface area contributed by atoms with Crippen molar-refractivity contribution in [3.05, 3.63) is 146 Å². The molecule has 0 aliphatic heterocycles. The molecular weight excluding hydrogens is 681 g/mol. The molecule has 0 aliphatic rings. The zero-order valence-electron chi connectivity index (χ0n) is 33.6. The molecule has 0 radical (unpaired) electrons. The summed E-state index contributed by atoms with van der Waals surface area (Å²) in [5, 5.41) is 10.2. The molecule has 0 saturated heterocycles. The molecule has 0 N–H and O–H groups in total. The van der Waals surface area contributed by atoms with E-state index >= 15 is 0 Å². The van der Waals surface area contributed by atoms with Crippen molar-refractivity contribution < 1.29 is 0 Å². The molecule has 0 aliphatic carbocycles. The van der Waals surface area contributed by atoms with E-state index in [2.05, 4.69) is 222 Å². The van der Waals surface area contributed by atoms with Crippen LogP contribution in [0.2, 0.25) is 0 Å². The highest BCUT2D eigenvalue weighted by Crippen LogP contribution is 2.49. The number of anilines is 4. The molecule has 0 heterocycles. The Morgan fingerprint density at radius 2 is 0.482 bits per heavy atom. The van der Waals surface area contributed by atoms with Gasteiger partial charge in [0.05, 0.1) is 0 Å². The molecule has 9 rings (SSSR count). The van der Waals surface area contributed by atoms with Crippen molar-refractivity contribution >= 4 is 65.8 Å². The molecule has 0 atom stereocenters. The Kier molecular flexibility index (Phi) is 8.58. The van der Waals surface area contributed by atoms with Crippen molar-refractivity contribution in [1.82, 2.24) is 0 Å². The topological polar surface area (TPSA) is 13.0 Å². The maximum absolute atomic E-state index is 2.45. The van der Waals surface area contributed by atoms with Gasteiger partial charge in [-0.3, -0.25) is 0 Å². The highest BCUT2D eigenvalue weighted by atomic mass is 15.1. The third-order valence-electron chi connectivity index (χ3n) is 11.5. The lowest BCUT2D eigenvalue weighted by molar-refractivity contribution is 1.13. The lowest BCUT2D eigenvalue weighted by atomic mass is 9.83. The Morgan fingerprint density at radius 3 is 0.696 bits per heavy atom. The number of hydrogen-bond acceptors (Lipinski definition) is 4. The minimum atomic E-state index is 1.20. The summed E-state index contributed by atoms with van der Waals surface area (Å²) < 4.78 is 0. The van der Waals surface area contributed by atoms with Crippen LogP contribution >= 0.6 is 0 Å². The van der Waals surface area contributed by atoms with Crippen molar-refractivity contribution in [2.75, 3.05) is 76.0 Å². The molecule has 56 heavy (non-hydrogen) atoms. The molecule has 0 bridgehead atoms. The molecule has 4 nitrogen and oxygen atoms in total. The number of para-hydroxylation sites is 4. The summed E-state index contributed by atoms with van der Waals surface area (Å²) in [6, 6.07) is 54.6. The van der Waals surface area contributed by atoms with Crippen LogP contribution in [0.5, 0.6) is 0 Å². The van der Waals surface area contributed by atoms with E-state index in [4.69, 9.17) is 0 Å². The number of benzene rings is 9. The Bertz CT molecular complexity index is 2540. The third kappa shape index (κ3) is 5.76. The van der Waals surface area contributed by atoms with E-state index in [-0.39, 0.29) is 0 Å². The lowest BCUT2D eigenvalue weighted by Crippen LogP contribution is -2.10. The van der Waals surface area contributed by atoms with Crippen LogP contribution < -0.4 is 19.6 Å². The molecule has 0 unspecified atom stereocenters. The molecule has 0 aromatic heterocycles. The van der Waals surface area contributed by atoms with Gasteiger partial charge in [0.2, 0.25) is 0 Å². The average molecular weight is 729 g/mol. The van der Waals surface area contributed by atoms with E-state index in [0.717, 1.165) is 0 Å². The van der Waals surface area contributed by atoms with Crippen LogP contribution in [-0.4, -0.2) is 56.4 Å². The summed E-state index contributed by atoms with van der Waals surface area (Å²) in [6.45, 7) is 0. The first kappa shape index (κ1) is 35.2. The first-order chi connectivity index (χ1) is 27.1. The van der Waals surface area contributed by atoms with Crippen LogP contribution in [0.3, 0.4) is 0 Å². The highest BCUT2D eigenvalue weighted by molar-refractivity contribution is 6.35. The predicted molar refractivity (Wildman–Crippen MR) is 247 cm³/mol. The zero-order chi connectivity index (χ0) is 38.8. The Balaban J connectivity index is 1.50. The lowest BCUT2D eigenvalue weighted by Gasteiger charge is -2.23. The Hall–Kier alpha value is -6.52. The van der Waals surface area contributed by atoms with Gasteiger partial charge in [-0.1, -0.05) is 72.8 Å². The summed E-state index contributed by atoms with van der Waals surface area (Å²) in [5.74, 6) is 0. The van der Waals surface area contributed by atoms with Gasteiger partial charge >= 0.3 is 0 Å². The molecule has 0 fully saturated rings. The maximum Gasteiger partial charge on any atom is 0.0440 e. The second-order valence-electron chi connectivity index (χ2n) is 15.9. The average Bonchev–Trinajstić information content (AvgIpc) is 3.21. The van der Waals surface area contributed by atoms with Crippen LogP contribution in [0, 0.1) is 0 Å². The normalized spacial score (nSPS) is 11.6. The van der Waals surface area contributed by atoms with Crippen molar-refractivity contribution in [2.24, 2.45) is 0 Å². The molecule has 0 spiro atoms. The monoisotopic (exact) mass is 728 g/mol. The number of fused-ring (bicyclic) bond motifs is 2. The van der Waals surface area contributed by atoms with Crippen LogP contribution in [0.4, 0.5) is 22.7 Å². The van der Waals surface area contributed by atoms with E-state index in [1.54, 1.807) is 0 Å². The fourth-order valence-electron chi connectivity index (χ4n) is 8.93. The molecule has 9 aromatic carbocycles. The molecule has 9 aromatic rings. The quantitative estimate of drug-likeness (QED) is 0.114. The van der Waals surface area contributed by atoms with Gasteiger partial charge in [0.25, 0.3) is 0 Å². The van der Waals surface area contributed by atoms with Crippen molar-refractivity contribution in [1.29, 1.82) is 0 Å². The summed E-state index contributed by atoms with van der Waals surface area (Å²) in [7, 11) is 17.1. The van der Waals surface area contributed by atoms with Crippen molar-refractivity contribution in [3.8, 4) is 44.5 Å². The van der Waals surface area contributed by atoms with Gasteiger partial charge < -0.3 is 19.6 Å². The Morgan fingerprint density at radius 1 is 0.268 bits per heavy atom. The van der Waals surface area contributed by atoms with Gasteiger partial charge in [0.1, 0.15) is 0 Å². The summed E-state index contributed by atoms with van der Waals surface area (Å²) in [4.78, 5) is 8.89. The largest absolute Gasteiger partial charge is 0.377 e. The Labute approximate surface area is 330 Å². The van der Waals surface area contributed by atoms with Crippen LogP contribution in [-0.2, 0) is 0 Å². The van der Waals surface area contributed by atoms with Gasteiger partial charge in [-0.2, -0.15) is 0 Å². The van der Waals surface area contributed by atoms with Crippen molar-refractivity contribution in [3.63, 3.8) is 0 Å². The standard InChI is InChI=1S/C52H48N4/c1-53(2)47-21-13-9-17-39(47)33-25-37-26-34(40-18-10-14-22-48(40)54(3)4)31-45-46-32-36(42-20-12-16-24-50(42)56(7)8)28-38-27-35(41-19-11-15-23-49(41)55(5)6)30-44(52(38)46)43(29-33)51(37)45/h9-32H,1-8H3. The molecular formula is C52H48N4. The fourth-order valence-corrected chi connectivity index (χ4v) is 8.93. The van der Waals surface area contributed by atoms with Gasteiger partial charge in [-0.25, -0.2) is 0 Å². The summed E-state index contributed by atoms with van der Waals surface area (Å²) in [6.07, 6.45) is 0. The fraction of sp³-hybridized carbons (Fsp3) is 0.154. The minimum absolute atomic E-state index is 1.20. The van der Waals surface area contributed by atoms with E-state index in [1.807, 2.05) is 0 Å². The van der Waals surface area contributed by atoms with Gasteiger partial charge in [0.15, 0.2) is 0 Å². The van der Waals surface area contributed by atoms with Crippen LogP contribution in [0.1, 0.15) is 0 Å². The first-order valence-corrected chi connectivity index (χ1v) is 19.4. The van der Waals surface area contributed by atoms with Gasteiger partial charge in [-0.15, -0.1) is 0 Å². The molecule has 276 valence electrons. The SMILES string of the molecule is CN(C)c1ccccc1-c1cc2cc(-c3ccccc3N(C)C)cc3c4cc(-c5ccccc5N(C)C)cc5cc(-c6ccccc6N(C)C)cc(c(c1)c23)c54. The predicted octanol–water partition coefficient (Wildman–Crippen LogP) is 12.7. The van der Waals surface area contributed by atoms with E-state index < -0.39 is 0 Å². The highest BCUT2D eigenvalue weighted by Gasteiger charge is 2.21. The molecule has 0 amide bonds. The van der Waals surface area contributed by atoms with Gasteiger partial charge in [0, 0.05) is 101 Å². The second kappa shape index (κ2) is 13.6. The minimum Gasteiger partial charge on any atom is -0.377 e. The molecule has 0 saturated carbocycles. The zero-order valence-corrected chi connectivity index (χ0v) is 33.6. The summed E-state index contributed by atoms with van der Waals surface area (Å²) >= 11 is 0. The van der Waals surface area contributed by atoms with Crippen molar-refractivity contribution in [2.45, 2.75) is 0 Å². The van der Waals surface area contributed by atoms with E-state index in [9.17, 15) is 0 Å². The molecule has 4 heteroatoms. The summed E-state index contributed by atoms with van der Waals surface area (Å²) in [5.41, 5.74) is 14.6. The smallest absolute Gasteiger partial charge is 0.0440 e. The van der Waals surface area contributed by atoms with Gasteiger partial charge in [-0.05, 0) is 138 Å². The number of rotatable bonds is 8. The number of hydrogen-bond donors (Lipinski definition) is 0. The first-order valence-electron chi connectivity index (χ1n) is 19.4.